The second-order valence-electron chi connectivity index (χ2n) is 7.56. The molecule has 2 N–H and O–H groups in total. The van der Waals surface area contributed by atoms with E-state index in [2.05, 4.69) is 16.4 Å². The van der Waals surface area contributed by atoms with Crippen molar-refractivity contribution in [2.24, 2.45) is 0 Å². The molecule has 1 unspecified atom stereocenters. The zero-order valence-electron chi connectivity index (χ0n) is 17.1. The van der Waals surface area contributed by atoms with Gasteiger partial charge in [0, 0.05) is 28.7 Å². The molecule has 0 aliphatic carbocycles. The standard InChI is InChI=1S/C25H22FN3O2/c1-31-22-13-7-6-12-21(22)28-25(30)29-15-14-17-16-8-3-5-11-20(16)27-23(17)24(29)18-9-2-4-10-19(18)26/h2-13,24,27H,14-15H2,1H3,(H,28,30). The Morgan fingerprint density at radius 3 is 2.65 bits per heavy atom. The molecule has 5 nitrogen and oxygen atoms in total. The second-order valence-corrected chi connectivity index (χ2v) is 7.56. The number of hydrogen-bond acceptors (Lipinski definition) is 2. The summed E-state index contributed by atoms with van der Waals surface area (Å²) < 4.78 is 20.3. The molecule has 6 heteroatoms. The molecule has 5 rings (SSSR count). The van der Waals surface area contributed by atoms with Gasteiger partial charge in [-0.3, -0.25) is 0 Å². The van der Waals surface area contributed by atoms with Crippen LogP contribution in [0.3, 0.4) is 0 Å². The van der Waals surface area contributed by atoms with Crippen LogP contribution in [0.2, 0.25) is 0 Å². The molecule has 1 aliphatic rings. The number of hydrogen-bond donors (Lipinski definition) is 2. The number of aromatic amines is 1. The van der Waals surface area contributed by atoms with E-state index in [4.69, 9.17) is 4.74 Å². The van der Waals surface area contributed by atoms with E-state index in [1.807, 2.05) is 30.3 Å². The third-order valence-corrected chi connectivity index (χ3v) is 5.84. The van der Waals surface area contributed by atoms with E-state index in [9.17, 15) is 9.18 Å². The van der Waals surface area contributed by atoms with Crippen molar-refractivity contribution in [1.29, 1.82) is 0 Å². The number of para-hydroxylation sites is 3. The number of carbonyl (C=O) groups is 1. The Morgan fingerprint density at radius 1 is 1.06 bits per heavy atom. The van der Waals surface area contributed by atoms with Crippen molar-refractivity contribution < 1.29 is 13.9 Å². The molecule has 156 valence electrons. The molecule has 4 aromatic rings. The quantitative estimate of drug-likeness (QED) is 0.465. The number of rotatable bonds is 3. The maximum atomic E-state index is 14.9. The van der Waals surface area contributed by atoms with Crippen LogP contribution in [0.25, 0.3) is 10.9 Å². The zero-order valence-corrected chi connectivity index (χ0v) is 17.1. The monoisotopic (exact) mass is 415 g/mol. The highest BCUT2D eigenvalue weighted by molar-refractivity contribution is 5.92. The highest BCUT2D eigenvalue weighted by atomic mass is 19.1. The normalized spacial score (nSPS) is 15.5. The molecule has 0 spiro atoms. The molecule has 0 radical (unpaired) electrons. The fourth-order valence-electron chi connectivity index (χ4n) is 4.41. The molecule has 2 heterocycles. The lowest BCUT2D eigenvalue weighted by molar-refractivity contribution is 0.191. The second kappa shape index (κ2) is 7.80. The van der Waals surface area contributed by atoms with Gasteiger partial charge in [0.1, 0.15) is 17.6 Å². The summed E-state index contributed by atoms with van der Waals surface area (Å²) in [4.78, 5) is 18.5. The molecule has 1 aromatic heterocycles. The minimum atomic E-state index is -0.563. The van der Waals surface area contributed by atoms with Crippen molar-refractivity contribution in [2.75, 3.05) is 19.0 Å². The first-order valence-electron chi connectivity index (χ1n) is 10.2. The van der Waals surface area contributed by atoms with Gasteiger partial charge >= 0.3 is 6.03 Å². The zero-order chi connectivity index (χ0) is 21.4. The van der Waals surface area contributed by atoms with Crippen LogP contribution in [0.15, 0.2) is 72.8 Å². The Hall–Kier alpha value is -3.80. The van der Waals surface area contributed by atoms with E-state index in [0.717, 1.165) is 22.2 Å². The lowest BCUT2D eigenvalue weighted by Crippen LogP contribution is -2.43. The number of urea groups is 1. The summed E-state index contributed by atoms with van der Waals surface area (Å²) in [7, 11) is 1.56. The van der Waals surface area contributed by atoms with Crippen molar-refractivity contribution >= 4 is 22.6 Å². The fourth-order valence-corrected chi connectivity index (χ4v) is 4.41. The summed E-state index contributed by atoms with van der Waals surface area (Å²) in [5.74, 6) is 0.232. The lowest BCUT2D eigenvalue weighted by atomic mass is 9.92. The summed E-state index contributed by atoms with van der Waals surface area (Å²) in [6, 6.07) is 21.0. The number of carbonyl (C=O) groups excluding carboxylic acids is 1. The van der Waals surface area contributed by atoms with Gasteiger partial charge in [-0.05, 0) is 36.2 Å². The van der Waals surface area contributed by atoms with Gasteiger partial charge < -0.3 is 19.9 Å². The average molecular weight is 415 g/mol. The topological polar surface area (TPSA) is 57.4 Å². The van der Waals surface area contributed by atoms with E-state index in [1.54, 1.807) is 42.3 Å². The smallest absolute Gasteiger partial charge is 0.322 e. The number of benzene rings is 3. The van der Waals surface area contributed by atoms with Crippen LogP contribution in [-0.2, 0) is 6.42 Å². The maximum Gasteiger partial charge on any atom is 0.322 e. The number of nitrogens with zero attached hydrogens (tertiary/aromatic N) is 1. The van der Waals surface area contributed by atoms with Gasteiger partial charge in [0.2, 0.25) is 0 Å². The van der Waals surface area contributed by atoms with Crippen molar-refractivity contribution in [3.05, 3.63) is 95.4 Å². The van der Waals surface area contributed by atoms with E-state index in [0.29, 0.717) is 30.0 Å². The van der Waals surface area contributed by atoms with Gasteiger partial charge in [-0.1, -0.05) is 48.5 Å². The van der Waals surface area contributed by atoms with E-state index >= 15 is 0 Å². The number of methoxy groups -OCH3 is 1. The lowest BCUT2D eigenvalue weighted by Gasteiger charge is -2.36. The van der Waals surface area contributed by atoms with E-state index in [-0.39, 0.29) is 11.8 Å². The minimum absolute atomic E-state index is 0.304. The Kier molecular flexibility index (Phi) is 4.82. The summed E-state index contributed by atoms with van der Waals surface area (Å²) >= 11 is 0. The van der Waals surface area contributed by atoms with Gasteiger partial charge in [0.15, 0.2) is 0 Å². The number of aromatic nitrogens is 1. The minimum Gasteiger partial charge on any atom is -0.495 e. The molecule has 2 amide bonds. The first kappa shape index (κ1) is 19.2. The van der Waals surface area contributed by atoms with Gasteiger partial charge in [-0.15, -0.1) is 0 Å². The molecule has 1 atom stereocenters. The highest BCUT2D eigenvalue weighted by Crippen LogP contribution is 2.39. The number of ether oxygens (including phenoxy) is 1. The molecule has 0 fully saturated rings. The largest absolute Gasteiger partial charge is 0.495 e. The van der Waals surface area contributed by atoms with E-state index in [1.165, 1.54) is 6.07 Å². The van der Waals surface area contributed by atoms with Crippen LogP contribution in [-0.4, -0.2) is 29.6 Å². The Balaban J connectivity index is 1.60. The summed E-state index contributed by atoms with van der Waals surface area (Å²) in [6.45, 7) is 0.467. The predicted octanol–water partition coefficient (Wildman–Crippen LogP) is 5.50. The summed E-state index contributed by atoms with van der Waals surface area (Å²) in [5.41, 5.74) is 4.01. The number of halogens is 1. The number of H-pyrrole nitrogens is 1. The molecule has 0 bridgehead atoms. The van der Waals surface area contributed by atoms with Crippen molar-refractivity contribution in [3.63, 3.8) is 0 Å². The van der Waals surface area contributed by atoms with Gasteiger partial charge in [0.25, 0.3) is 0 Å². The SMILES string of the molecule is COc1ccccc1NC(=O)N1CCc2c([nH]c3ccccc23)C1c1ccccc1F. The van der Waals surface area contributed by atoms with Crippen LogP contribution in [0.5, 0.6) is 5.75 Å². The predicted molar refractivity (Wildman–Crippen MR) is 119 cm³/mol. The number of nitrogens with one attached hydrogen (secondary N) is 2. The van der Waals surface area contributed by atoms with Crippen LogP contribution in [0, 0.1) is 5.82 Å². The van der Waals surface area contributed by atoms with Crippen molar-refractivity contribution in [3.8, 4) is 5.75 Å². The average Bonchev–Trinajstić information content (AvgIpc) is 3.18. The van der Waals surface area contributed by atoms with Crippen molar-refractivity contribution in [1.82, 2.24) is 9.88 Å². The third kappa shape index (κ3) is 3.30. The number of anilines is 1. The highest BCUT2D eigenvalue weighted by Gasteiger charge is 2.36. The molecule has 31 heavy (non-hydrogen) atoms. The van der Waals surface area contributed by atoms with Crippen molar-refractivity contribution in [2.45, 2.75) is 12.5 Å². The molecule has 0 saturated carbocycles. The summed E-state index contributed by atoms with van der Waals surface area (Å²) in [5, 5.41) is 4.06. The Morgan fingerprint density at radius 2 is 1.81 bits per heavy atom. The van der Waals surface area contributed by atoms with E-state index < -0.39 is 6.04 Å². The van der Waals surface area contributed by atoms with Gasteiger partial charge in [-0.25, -0.2) is 9.18 Å². The number of fused-ring (bicyclic) bond motifs is 3. The third-order valence-electron chi connectivity index (χ3n) is 5.84. The maximum absolute atomic E-state index is 14.9. The molecule has 1 aliphatic heterocycles. The Labute approximate surface area is 179 Å². The molecule has 0 saturated heterocycles. The first-order valence-corrected chi connectivity index (χ1v) is 10.2. The number of amides is 2. The van der Waals surface area contributed by atoms with Gasteiger partial charge in [-0.2, -0.15) is 0 Å². The molecule has 3 aromatic carbocycles. The van der Waals surface area contributed by atoms with Crippen LogP contribution in [0.4, 0.5) is 14.9 Å². The molecular weight excluding hydrogens is 393 g/mol. The van der Waals surface area contributed by atoms with Crippen LogP contribution in [0.1, 0.15) is 22.9 Å². The Bertz CT molecular complexity index is 1270. The van der Waals surface area contributed by atoms with Crippen LogP contribution >= 0.6 is 0 Å². The molecular formula is C25H22FN3O2. The fraction of sp³-hybridized carbons (Fsp3) is 0.160. The van der Waals surface area contributed by atoms with Gasteiger partial charge in [0.05, 0.1) is 12.8 Å². The van der Waals surface area contributed by atoms with Crippen LogP contribution < -0.4 is 10.1 Å². The summed E-state index contributed by atoms with van der Waals surface area (Å²) in [6.07, 6.45) is 0.684. The first-order chi connectivity index (χ1) is 15.2.